The van der Waals surface area contributed by atoms with Gasteiger partial charge in [-0.1, -0.05) is 55.1 Å². The Balaban J connectivity index is 2.43. The molecule has 19 heavy (non-hydrogen) atoms. The van der Waals surface area contributed by atoms with Crippen molar-refractivity contribution in [3.63, 3.8) is 0 Å². The van der Waals surface area contributed by atoms with Crippen molar-refractivity contribution < 1.29 is 0 Å². The van der Waals surface area contributed by atoms with E-state index >= 15 is 0 Å². The molecule has 0 saturated heterocycles. The molecule has 0 aromatic heterocycles. The average molecular weight is 247 g/mol. The van der Waals surface area contributed by atoms with Crippen molar-refractivity contribution in [1.29, 1.82) is 5.41 Å². The van der Waals surface area contributed by atoms with Crippen molar-refractivity contribution in [3.8, 4) is 11.1 Å². The Morgan fingerprint density at radius 2 is 1.79 bits per heavy atom. The van der Waals surface area contributed by atoms with Crippen LogP contribution >= 0.6 is 0 Å². The van der Waals surface area contributed by atoms with Gasteiger partial charge in [0.15, 0.2) is 0 Å². The number of rotatable bonds is 4. The molecular formula is C18H17N. The number of nitrogens with one attached hydrogen (secondary N) is 1. The van der Waals surface area contributed by atoms with Gasteiger partial charge in [-0.05, 0) is 41.8 Å². The fourth-order valence-electron chi connectivity index (χ4n) is 2.00. The zero-order chi connectivity index (χ0) is 13.7. The Labute approximate surface area is 114 Å². The van der Waals surface area contributed by atoms with Crippen LogP contribution in [0.15, 0.2) is 73.3 Å². The van der Waals surface area contributed by atoms with Crippen molar-refractivity contribution in [2.75, 3.05) is 0 Å². The molecule has 2 aromatic carbocycles. The summed E-state index contributed by atoms with van der Waals surface area (Å²) in [5, 5.41) is 8.05. The maximum Gasteiger partial charge on any atom is 0.0612 e. The predicted molar refractivity (Wildman–Crippen MR) is 82.8 cm³/mol. The van der Waals surface area contributed by atoms with E-state index in [2.05, 4.69) is 37.8 Å². The van der Waals surface area contributed by atoms with Crippen LogP contribution in [0.1, 0.15) is 11.1 Å². The van der Waals surface area contributed by atoms with E-state index in [-0.39, 0.29) is 0 Å². The average Bonchev–Trinajstić information content (AvgIpc) is 2.45. The number of aryl methyl sites for hydroxylation is 1. The van der Waals surface area contributed by atoms with E-state index < -0.39 is 0 Å². The molecule has 94 valence electrons. The molecule has 0 aliphatic carbocycles. The van der Waals surface area contributed by atoms with Crippen molar-refractivity contribution in [2.45, 2.75) is 6.92 Å². The number of allylic oxidation sites excluding steroid dienone is 3. The Kier molecular flexibility index (Phi) is 4.09. The lowest BCUT2D eigenvalue weighted by atomic mass is 9.98. The lowest BCUT2D eigenvalue weighted by molar-refractivity contribution is 1.42. The highest BCUT2D eigenvalue weighted by molar-refractivity contribution is 6.07. The molecule has 2 rings (SSSR count). The van der Waals surface area contributed by atoms with Gasteiger partial charge in [0.25, 0.3) is 0 Å². The first-order valence-corrected chi connectivity index (χ1v) is 6.26. The molecule has 0 aliphatic heterocycles. The van der Waals surface area contributed by atoms with Gasteiger partial charge in [0, 0.05) is 5.56 Å². The molecule has 0 atom stereocenters. The molecule has 1 nitrogen and oxygen atoms in total. The van der Waals surface area contributed by atoms with E-state index in [1.54, 1.807) is 18.2 Å². The topological polar surface area (TPSA) is 23.9 Å². The van der Waals surface area contributed by atoms with Gasteiger partial charge >= 0.3 is 0 Å². The van der Waals surface area contributed by atoms with Crippen molar-refractivity contribution in [2.24, 2.45) is 0 Å². The molecule has 1 heteroatoms. The molecule has 0 saturated carbocycles. The maximum absolute atomic E-state index is 8.05. The minimum atomic E-state index is 0.501. The summed E-state index contributed by atoms with van der Waals surface area (Å²) in [6.45, 7) is 5.68. The summed E-state index contributed by atoms with van der Waals surface area (Å²) in [6.07, 6.45) is 5.23. The first-order chi connectivity index (χ1) is 9.20. The van der Waals surface area contributed by atoms with Crippen molar-refractivity contribution >= 4 is 5.71 Å². The van der Waals surface area contributed by atoms with Crippen LogP contribution in [0.3, 0.4) is 0 Å². The highest BCUT2D eigenvalue weighted by atomic mass is 14.4. The summed E-state index contributed by atoms with van der Waals surface area (Å²) < 4.78 is 0. The summed E-state index contributed by atoms with van der Waals surface area (Å²) in [5.41, 5.74) is 4.91. The lowest BCUT2D eigenvalue weighted by Crippen LogP contribution is -1.96. The van der Waals surface area contributed by atoms with Crippen LogP contribution in [0.25, 0.3) is 11.1 Å². The lowest BCUT2D eigenvalue weighted by Gasteiger charge is -2.07. The summed E-state index contributed by atoms with van der Waals surface area (Å²) in [6, 6.07) is 16.5. The highest BCUT2D eigenvalue weighted by Gasteiger charge is 2.03. The zero-order valence-corrected chi connectivity index (χ0v) is 11.1. The molecule has 2 aromatic rings. The van der Waals surface area contributed by atoms with Crippen LogP contribution in [0.5, 0.6) is 0 Å². The number of hydrogen-bond donors (Lipinski definition) is 1. The van der Waals surface area contributed by atoms with E-state index in [1.807, 2.05) is 24.3 Å². The van der Waals surface area contributed by atoms with E-state index in [1.165, 1.54) is 5.56 Å². The molecule has 0 fully saturated rings. The molecule has 1 N–H and O–H groups in total. The Hall–Kier alpha value is -2.41. The van der Waals surface area contributed by atoms with Gasteiger partial charge in [-0.25, -0.2) is 0 Å². The summed E-state index contributed by atoms with van der Waals surface area (Å²) in [4.78, 5) is 0. The number of hydrogen-bond acceptors (Lipinski definition) is 1. The summed E-state index contributed by atoms with van der Waals surface area (Å²) in [7, 11) is 0. The highest BCUT2D eigenvalue weighted by Crippen LogP contribution is 2.22. The Bertz CT molecular complexity index is 621. The van der Waals surface area contributed by atoms with Gasteiger partial charge in [0.1, 0.15) is 0 Å². The van der Waals surface area contributed by atoms with E-state index in [0.717, 1.165) is 16.7 Å². The SMILES string of the molecule is C=C/C=C\C(=N)c1cc(C)cc(-c2ccccc2)c1. The van der Waals surface area contributed by atoms with Crippen LogP contribution in [-0.4, -0.2) is 5.71 Å². The van der Waals surface area contributed by atoms with Crippen LogP contribution in [0.4, 0.5) is 0 Å². The predicted octanol–water partition coefficient (Wildman–Crippen LogP) is 4.77. The quantitative estimate of drug-likeness (QED) is 0.594. The minimum absolute atomic E-state index is 0.501. The summed E-state index contributed by atoms with van der Waals surface area (Å²) >= 11 is 0. The van der Waals surface area contributed by atoms with Crippen molar-refractivity contribution in [1.82, 2.24) is 0 Å². The first-order valence-electron chi connectivity index (χ1n) is 6.26. The molecular weight excluding hydrogens is 230 g/mol. The van der Waals surface area contributed by atoms with Crippen LogP contribution in [0, 0.1) is 12.3 Å². The molecule has 0 unspecified atom stereocenters. The van der Waals surface area contributed by atoms with Gasteiger partial charge in [0.2, 0.25) is 0 Å². The molecule has 0 amide bonds. The standard InChI is InChI=1S/C18H17N/c1-3-4-10-18(19)17-12-14(2)11-16(13-17)15-8-6-5-7-9-15/h3-13,19H,1H2,2H3/b10-4-,19-18?. The smallest absolute Gasteiger partial charge is 0.0612 e. The zero-order valence-electron chi connectivity index (χ0n) is 11.1. The number of benzene rings is 2. The van der Waals surface area contributed by atoms with Gasteiger partial charge in [-0.15, -0.1) is 0 Å². The molecule has 0 spiro atoms. The molecule has 0 heterocycles. The van der Waals surface area contributed by atoms with Gasteiger partial charge in [-0.2, -0.15) is 0 Å². The monoisotopic (exact) mass is 247 g/mol. The van der Waals surface area contributed by atoms with Gasteiger partial charge < -0.3 is 5.41 Å². The molecule has 0 radical (unpaired) electrons. The van der Waals surface area contributed by atoms with Crippen LogP contribution in [-0.2, 0) is 0 Å². The third-order valence-electron chi connectivity index (χ3n) is 2.89. The summed E-state index contributed by atoms with van der Waals surface area (Å²) in [5.74, 6) is 0. The first kappa shape index (κ1) is 13.0. The second kappa shape index (κ2) is 5.96. The third kappa shape index (κ3) is 3.29. The second-order valence-corrected chi connectivity index (χ2v) is 4.46. The molecule has 0 aliphatic rings. The van der Waals surface area contributed by atoms with Gasteiger partial charge in [-0.3, -0.25) is 0 Å². The van der Waals surface area contributed by atoms with Crippen molar-refractivity contribution in [3.05, 3.63) is 84.5 Å². The fraction of sp³-hybridized carbons (Fsp3) is 0.0556. The van der Waals surface area contributed by atoms with E-state index in [9.17, 15) is 0 Å². The van der Waals surface area contributed by atoms with Gasteiger partial charge in [0.05, 0.1) is 5.71 Å². The normalized spacial score (nSPS) is 10.6. The maximum atomic E-state index is 8.05. The Morgan fingerprint density at radius 3 is 2.47 bits per heavy atom. The minimum Gasteiger partial charge on any atom is -0.300 e. The van der Waals surface area contributed by atoms with Crippen LogP contribution < -0.4 is 0 Å². The van der Waals surface area contributed by atoms with E-state index in [4.69, 9.17) is 5.41 Å². The van der Waals surface area contributed by atoms with E-state index in [0.29, 0.717) is 5.71 Å². The Morgan fingerprint density at radius 1 is 1.05 bits per heavy atom. The second-order valence-electron chi connectivity index (χ2n) is 4.46. The van der Waals surface area contributed by atoms with Crippen LogP contribution in [0.2, 0.25) is 0 Å². The fourth-order valence-corrected chi connectivity index (χ4v) is 2.00. The third-order valence-corrected chi connectivity index (χ3v) is 2.89. The largest absolute Gasteiger partial charge is 0.300 e. The molecule has 0 bridgehead atoms.